The van der Waals surface area contributed by atoms with E-state index in [1.54, 1.807) is 23.1 Å². The highest BCUT2D eigenvalue weighted by atomic mass is 19.4. The molecule has 3 rings (SSSR count). The third-order valence-corrected chi connectivity index (χ3v) is 5.53. The van der Waals surface area contributed by atoms with Crippen molar-refractivity contribution in [2.75, 3.05) is 44.2 Å². The fraction of sp³-hybridized carbons (Fsp3) is 0.375. The number of nitrogens with zero attached hydrogens (tertiary/aromatic N) is 2. The van der Waals surface area contributed by atoms with Crippen molar-refractivity contribution >= 4 is 23.5 Å². The fourth-order valence-corrected chi connectivity index (χ4v) is 3.60. The molecule has 2 amide bonds. The van der Waals surface area contributed by atoms with E-state index in [2.05, 4.69) is 5.32 Å². The summed E-state index contributed by atoms with van der Waals surface area (Å²) in [5, 5.41) is 2.64. The van der Waals surface area contributed by atoms with Gasteiger partial charge in [0.1, 0.15) is 0 Å². The highest BCUT2D eigenvalue weighted by Gasteiger charge is 2.31. The monoisotopic (exact) mass is 477 g/mol. The van der Waals surface area contributed by atoms with Crippen LogP contribution in [-0.4, -0.2) is 62.0 Å². The number of hydrogen-bond donors (Lipinski definition) is 1. The number of hydrogen-bond acceptors (Lipinski definition) is 5. The first kappa shape index (κ1) is 25.1. The Morgan fingerprint density at radius 1 is 1.00 bits per heavy atom. The molecule has 0 aliphatic carbocycles. The Labute approximate surface area is 195 Å². The molecule has 0 atom stereocenters. The second kappa shape index (κ2) is 11.0. The van der Waals surface area contributed by atoms with Gasteiger partial charge in [-0.3, -0.25) is 14.4 Å². The van der Waals surface area contributed by atoms with E-state index in [1.807, 2.05) is 19.1 Å². The summed E-state index contributed by atoms with van der Waals surface area (Å²) < 4.78 is 43.8. The summed E-state index contributed by atoms with van der Waals surface area (Å²) in [5.74, 6) is -1.28. The summed E-state index contributed by atoms with van der Waals surface area (Å²) in [6, 6.07) is 12.2. The summed E-state index contributed by atoms with van der Waals surface area (Å²) in [7, 11) is 0. The molecule has 1 aliphatic rings. The Kier molecular flexibility index (Phi) is 8.14. The maximum Gasteiger partial charge on any atom is 0.416 e. The lowest BCUT2D eigenvalue weighted by Crippen LogP contribution is -2.50. The van der Waals surface area contributed by atoms with E-state index in [0.29, 0.717) is 37.4 Å². The van der Waals surface area contributed by atoms with E-state index in [4.69, 9.17) is 4.74 Å². The van der Waals surface area contributed by atoms with E-state index in [9.17, 15) is 27.6 Å². The number of rotatable bonds is 7. The third-order valence-electron chi connectivity index (χ3n) is 5.53. The lowest BCUT2D eigenvalue weighted by molar-refractivity contribution is -0.152. The van der Waals surface area contributed by atoms with Crippen LogP contribution >= 0.6 is 0 Å². The number of esters is 1. The highest BCUT2D eigenvalue weighted by molar-refractivity contribution is 5.95. The van der Waals surface area contributed by atoms with E-state index in [1.165, 1.54) is 11.0 Å². The molecular weight excluding hydrogens is 451 g/mol. The van der Waals surface area contributed by atoms with Crippen molar-refractivity contribution in [2.45, 2.75) is 19.5 Å². The second-order valence-electron chi connectivity index (χ2n) is 7.90. The molecule has 2 aromatic carbocycles. The number of benzene rings is 2. The number of nitrogens with one attached hydrogen (secondary N) is 1. The van der Waals surface area contributed by atoms with Crippen LogP contribution in [0.3, 0.4) is 0 Å². The second-order valence-corrected chi connectivity index (χ2v) is 7.90. The van der Waals surface area contributed by atoms with Gasteiger partial charge in [0, 0.05) is 44.0 Å². The quantitative estimate of drug-likeness (QED) is 0.621. The predicted molar refractivity (Wildman–Crippen MR) is 119 cm³/mol. The van der Waals surface area contributed by atoms with Gasteiger partial charge in [0.25, 0.3) is 11.8 Å². The van der Waals surface area contributed by atoms with Crippen LogP contribution in [0.5, 0.6) is 0 Å². The van der Waals surface area contributed by atoms with Gasteiger partial charge in [-0.15, -0.1) is 0 Å². The first-order valence-electron chi connectivity index (χ1n) is 10.8. The van der Waals surface area contributed by atoms with Crippen LogP contribution in [-0.2, 0) is 20.5 Å². The molecule has 0 unspecified atom stereocenters. The molecule has 0 bridgehead atoms. The van der Waals surface area contributed by atoms with Crippen LogP contribution in [0.4, 0.5) is 18.9 Å². The number of alkyl halides is 3. The van der Waals surface area contributed by atoms with Crippen molar-refractivity contribution in [1.82, 2.24) is 10.2 Å². The minimum Gasteiger partial charge on any atom is -0.456 e. The molecule has 10 heteroatoms. The molecule has 0 spiro atoms. The zero-order valence-electron chi connectivity index (χ0n) is 18.7. The Morgan fingerprint density at radius 2 is 1.71 bits per heavy atom. The van der Waals surface area contributed by atoms with Crippen LogP contribution in [0, 0.1) is 6.92 Å². The summed E-state index contributed by atoms with van der Waals surface area (Å²) in [6.07, 6.45) is -4.49. The van der Waals surface area contributed by atoms with Crippen molar-refractivity contribution in [3.63, 3.8) is 0 Å². The van der Waals surface area contributed by atoms with E-state index < -0.39 is 24.3 Å². The lowest BCUT2D eigenvalue weighted by atomic mass is 10.1. The van der Waals surface area contributed by atoms with Gasteiger partial charge in [0.05, 0.1) is 12.0 Å². The van der Waals surface area contributed by atoms with Gasteiger partial charge in [-0.1, -0.05) is 24.3 Å². The van der Waals surface area contributed by atoms with Crippen LogP contribution in [0.25, 0.3) is 0 Å². The number of halogens is 3. The average Bonchev–Trinajstić information content (AvgIpc) is 2.82. The molecule has 1 fully saturated rings. The molecule has 1 heterocycles. The summed E-state index contributed by atoms with van der Waals surface area (Å²) >= 11 is 0. The minimum atomic E-state index is -4.42. The van der Waals surface area contributed by atoms with Crippen molar-refractivity contribution in [2.24, 2.45) is 0 Å². The molecular formula is C24H26F3N3O4. The summed E-state index contributed by atoms with van der Waals surface area (Å²) in [4.78, 5) is 39.7. The van der Waals surface area contributed by atoms with Gasteiger partial charge in [0.2, 0.25) is 0 Å². The van der Waals surface area contributed by atoms with Crippen molar-refractivity contribution in [3.05, 3.63) is 65.2 Å². The number of carbonyl (C=O) groups is 3. The molecule has 0 aromatic heterocycles. The van der Waals surface area contributed by atoms with Crippen molar-refractivity contribution in [3.8, 4) is 0 Å². The van der Waals surface area contributed by atoms with E-state index in [0.717, 1.165) is 17.7 Å². The molecule has 1 aliphatic heterocycles. The van der Waals surface area contributed by atoms with E-state index >= 15 is 0 Å². The molecule has 0 saturated carbocycles. The first-order chi connectivity index (χ1) is 16.1. The van der Waals surface area contributed by atoms with Crippen molar-refractivity contribution in [1.29, 1.82) is 0 Å². The minimum absolute atomic E-state index is 0.0752. The lowest BCUT2D eigenvalue weighted by Gasteiger charge is -2.36. The zero-order chi connectivity index (χ0) is 24.7. The number of ether oxygens (including phenoxy) is 1. The van der Waals surface area contributed by atoms with Gasteiger partial charge >= 0.3 is 12.1 Å². The molecule has 182 valence electrons. The largest absolute Gasteiger partial charge is 0.456 e. The Morgan fingerprint density at radius 3 is 2.38 bits per heavy atom. The van der Waals surface area contributed by atoms with Crippen LogP contribution in [0.1, 0.15) is 27.9 Å². The van der Waals surface area contributed by atoms with Crippen LogP contribution in [0.15, 0.2) is 48.5 Å². The molecule has 0 radical (unpaired) electrons. The van der Waals surface area contributed by atoms with Crippen LogP contribution < -0.4 is 10.2 Å². The van der Waals surface area contributed by atoms with Gasteiger partial charge < -0.3 is 19.9 Å². The van der Waals surface area contributed by atoms with E-state index in [-0.39, 0.29) is 24.8 Å². The average molecular weight is 477 g/mol. The van der Waals surface area contributed by atoms with Gasteiger partial charge in [-0.2, -0.15) is 13.2 Å². The number of anilines is 1. The smallest absolute Gasteiger partial charge is 0.416 e. The molecule has 1 N–H and O–H groups in total. The molecule has 7 nitrogen and oxygen atoms in total. The Balaban J connectivity index is 1.38. The first-order valence-corrected chi connectivity index (χ1v) is 10.8. The van der Waals surface area contributed by atoms with Gasteiger partial charge in [-0.05, 0) is 36.8 Å². The SMILES string of the molecule is Cc1ccccc1C(=O)NCCC(=O)OCC(=O)N1CCN(c2cccc(C(F)(F)F)c2)CC1. The molecule has 34 heavy (non-hydrogen) atoms. The summed E-state index contributed by atoms with van der Waals surface area (Å²) in [6.45, 7) is 2.81. The Hall–Kier alpha value is -3.56. The maximum atomic E-state index is 12.9. The third kappa shape index (κ3) is 6.72. The number of aryl methyl sites for hydroxylation is 1. The number of amides is 2. The van der Waals surface area contributed by atoms with Gasteiger partial charge in [0.15, 0.2) is 6.61 Å². The number of carbonyl (C=O) groups excluding carboxylic acids is 3. The topological polar surface area (TPSA) is 78.9 Å². The normalized spacial score (nSPS) is 14.0. The summed E-state index contributed by atoms with van der Waals surface area (Å²) in [5.41, 5.74) is 1.07. The van der Waals surface area contributed by atoms with Gasteiger partial charge in [-0.25, -0.2) is 0 Å². The highest BCUT2D eigenvalue weighted by Crippen LogP contribution is 2.31. The zero-order valence-corrected chi connectivity index (χ0v) is 18.7. The maximum absolute atomic E-state index is 12.9. The van der Waals surface area contributed by atoms with Crippen molar-refractivity contribution < 1.29 is 32.3 Å². The van der Waals surface area contributed by atoms with Crippen LogP contribution in [0.2, 0.25) is 0 Å². The predicted octanol–water partition coefficient (Wildman–Crippen LogP) is 3.03. The molecule has 2 aromatic rings. The molecule has 1 saturated heterocycles. The Bertz CT molecular complexity index is 1030. The fourth-order valence-electron chi connectivity index (χ4n) is 3.60. The standard InChI is InChI=1S/C24H26F3N3O4/c1-17-5-2-3-8-20(17)23(33)28-10-9-22(32)34-16-21(31)30-13-11-29(12-14-30)19-7-4-6-18(15-19)24(25,26)27/h2-8,15H,9-14,16H2,1H3,(H,28,33). The number of piperazine rings is 1.